The summed E-state index contributed by atoms with van der Waals surface area (Å²) in [4.78, 5) is 11.9. The summed E-state index contributed by atoms with van der Waals surface area (Å²) in [5.41, 5.74) is -0.584. The second-order valence-corrected chi connectivity index (χ2v) is 6.06. The Labute approximate surface area is 108 Å². The SMILES string of the molecule is CC1(C)C2CCC1(CS(=O)O)C(=O)C2.[Ag]. The van der Waals surface area contributed by atoms with Crippen LogP contribution in [0.4, 0.5) is 0 Å². The first-order chi connectivity index (χ1) is 6.40. The molecular weight excluding hydrogens is 308 g/mol. The van der Waals surface area contributed by atoms with Gasteiger partial charge in [-0.15, -0.1) is 0 Å². The molecule has 2 rings (SSSR count). The van der Waals surface area contributed by atoms with Gasteiger partial charge in [0.2, 0.25) is 0 Å². The molecule has 91 valence electrons. The maximum Gasteiger partial charge on any atom is 0.153 e. The molecule has 15 heavy (non-hydrogen) atoms. The topological polar surface area (TPSA) is 54.4 Å². The molecule has 0 aromatic carbocycles. The van der Waals surface area contributed by atoms with Crippen molar-refractivity contribution in [3.63, 3.8) is 0 Å². The monoisotopic (exact) mass is 323 g/mol. The first-order valence-corrected chi connectivity index (χ1v) is 6.28. The fourth-order valence-electron chi connectivity index (χ4n) is 3.32. The number of ketones is 1. The molecule has 3 unspecified atom stereocenters. The van der Waals surface area contributed by atoms with E-state index >= 15 is 0 Å². The van der Waals surface area contributed by atoms with E-state index in [0.29, 0.717) is 12.3 Å². The third-order valence-electron chi connectivity index (χ3n) is 4.51. The third kappa shape index (κ3) is 1.71. The average Bonchev–Trinajstić information content (AvgIpc) is 2.36. The van der Waals surface area contributed by atoms with Gasteiger partial charge in [0.05, 0.1) is 5.75 Å². The van der Waals surface area contributed by atoms with E-state index in [1.807, 2.05) is 0 Å². The summed E-state index contributed by atoms with van der Waals surface area (Å²) >= 11 is -1.86. The van der Waals surface area contributed by atoms with E-state index in [1.165, 1.54) is 0 Å². The minimum atomic E-state index is -1.86. The molecule has 2 bridgehead atoms. The van der Waals surface area contributed by atoms with E-state index in [9.17, 15) is 9.00 Å². The van der Waals surface area contributed by atoms with Crippen molar-refractivity contribution in [2.45, 2.75) is 33.1 Å². The number of rotatable bonds is 2. The fourth-order valence-corrected chi connectivity index (χ4v) is 4.42. The maximum absolute atomic E-state index is 11.9. The van der Waals surface area contributed by atoms with Crippen molar-refractivity contribution in [3.05, 3.63) is 0 Å². The Balaban J connectivity index is 0.00000112. The van der Waals surface area contributed by atoms with Gasteiger partial charge in [0.15, 0.2) is 11.1 Å². The van der Waals surface area contributed by atoms with E-state index in [-0.39, 0.29) is 39.3 Å². The largest absolute Gasteiger partial charge is 0.306 e. The van der Waals surface area contributed by atoms with Crippen LogP contribution in [0.1, 0.15) is 33.1 Å². The Morgan fingerprint density at radius 3 is 2.47 bits per heavy atom. The van der Waals surface area contributed by atoms with Gasteiger partial charge in [-0.3, -0.25) is 4.79 Å². The number of carbonyl (C=O) groups is 1. The first kappa shape index (κ1) is 13.6. The zero-order chi connectivity index (χ0) is 10.6. The molecule has 0 spiro atoms. The molecule has 2 fully saturated rings. The van der Waals surface area contributed by atoms with Crippen molar-refractivity contribution in [1.29, 1.82) is 0 Å². The molecule has 3 nitrogen and oxygen atoms in total. The molecule has 0 saturated heterocycles. The zero-order valence-electron chi connectivity index (χ0n) is 8.88. The van der Waals surface area contributed by atoms with Crippen LogP contribution in [0.25, 0.3) is 0 Å². The van der Waals surface area contributed by atoms with Crippen LogP contribution < -0.4 is 0 Å². The van der Waals surface area contributed by atoms with E-state index < -0.39 is 16.5 Å². The van der Waals surface area contributed by atoms with Crippen LogP contribution in [0.15, 0.2) is 0 Å². The zero-order valence-corrected chi connectivity index (χ0v) is 11.2. The molecule has 2 aliphatic rings. The second-order valence-electron chi connectivity index (χ2n) is 5.13. The average molecular weight is 324 g/mol. The first-order valence-electron chi connectivity index (χ1n) is 5.01. The van der Waals surface area contributed by atoms with Gasteiger partial charge in [-0.05, 0) is 24.2 Å². The summed E-state index contributed by atoms with van der Waals surface area (Å²) < 4.78 is 19.9. The van der Waals surface area contributed by atoms with Gasteiger partial charge in [0.1, 0.15) is 5.78 Å². The van der Waals surface area contributed by atoms with Crippen molar-refractivity contribution in [2.75, 3.05) is 5.75 Å². The van der Waals surface area contributed by atoms with Crippen molar-refractivity contribution < 1.29 is 35.9 Å². The van der Waals surface area contributed by atoms with Gasteiger partial charge in [-0.1, -0.05) is 13.8 Å². The van der Waals surface area contributed by atoms with Crippen molar-refractivity contribution in [2.24, 2.45) is 16.7 Å². The number of fused-ring (bicyclic) bond motifs is 2. The van der Waals surface area contributed by atoms with Crippen LogP contribution >= 0.6 is 0 Å². The van der Waals surface area contributed by atoms with Gasteiger partial charge in [-0.25, -0.2) is 4.21 Å². The van der Waals surface area contributed by atoms with Gasteiger partial charge >= 0.3 is 0 Å². The van der Waals surface area contributed by atoms with E-state index in [1.54, 1.807) is 0 Å². The summed E-state index contributed by atoms with van der Waals surface area (Å²) in [7, 11) is 0. The minimum Gasteiger partial charge on any atom is -0.306 e. The van der Waals surface area contributed by atoms with Crippen LogP contribution in [0.2, 0.25) is 0 Å². The van der Waals surface area contributed by atoms with Crippen LogP contribution in [-0.4, -0.2) is 20.3 Å². The predicted octanol–water partition coefficient (Wildman–Crippen LogP) is 1.60. The summed E-state index contributed by atoms with van der Waals surface area (Å²) in [6.45, 7) is 4.14. The normalized spacial score (nSPS) is 38.9. The Morgan fingerprint density at radius 2 is 2.13 bits per heavy atom. The number of hydrogen-bond donors (Lipinski definition) is 1. The summed E-state index contributed by atoms with van der Waals surface area (Å²) in [6, 6.07) is 0. The molecule has 1 N–H and O–H groups in total. The molecular formula is C10H16AgO3S. The molecule has 0 aromatic heterocycles. The molecule has 0 aliphatic heterocycles. The number of hydrogen-bond acceptors (Lipinski definition) is 2. The van der Waals surface area contributed by atoms with E-state index in [2.05, 4.69) is 13.8 Å². The van der Waals surface area contributed by atoms with Gasteiger partial charge < -0.3 is 4.55 Å². The quantitative estimate of drug-likeness (QED) is 0.620. The number of Topliss-reactive ketones (excluding diaryl/α,β-unsaturated/α-hetero) is 1. The summed E-state index contributed by atoms with van der Waals surface area (Å²) in [5.74, 6) is 0.773. The van der Waals surface area contributed by atoms with Gasteiger partial charge in [0, 0.05) is 34.2 Å². The predicted molar refractivity (Wildman–Crippen MR) is 54.2 cm³/mol. The minimum absolute atomic E-state index is 0. The smallest absolute Gasteiger partial charge is 0.153 e. The Hall–Kier alpha value is 0.520. The van der Waals surface area contributed by atoms with Crippen LogP contribution in [0.5, 0.6) is 0 Å². The molecule has 1 radical (unpaired) electrons. The fraction of sp³-hybridized carbons (Fsp3) is 0.900. The molecule has 2 saturated carbocycles. The van der Waals surface area contributed by atoms with Crippen LogP contribution in [-0.2, 0) is 38.3 Å². The molecule has 3 atom stereocenters. The Morgan fingerprint density at radius 1 is 1.53 bits per heavy atom. The molecule has 0 aromatic rings. The molecule has 0 amide bonds. The molecule has 2 aliphatic carbocycles. The number of carbonyl (C=O) groups excluding carboxylic acids is 1. The second kappa shape index (κ2) is 4.08. The van der Waals surface area contributed by atoms with Crippen molar-refractivity contribution in [1.82, 2.24) is 0 Å². The van der Waals surface area contributed by atoms with Crippen LogP contribution in [0.3, 0.4) is 0 Å². The van der Waals surface area contributed by atoms with Crippen molar-refractivity contribution >= 4 is 16.9 Å². The third-order valence-corrected chi connectivity index (χ3v) is 5.25. The summed E-state index contributed by atoms with van der Waals surface area (Å²) in [5, 5.41) is 0. The maximum atomic E-state index is 11.9. The molecule has 5 heteroatoms. The van der Waals surface area contributed by atoms with Crippen molar-refractivity contribution in [3.8, 4) is 0 Å². The van der Waals surface area contributed by atoms with E-state index in [4.69, 9.17) is 4.55 Å². The van der Waals surface area contributed by atoms with E-state index in [0.717, 1.165) is 12.8 Å². The summed E-state index contributed by atoms with van der Waals surface area (Å²) in [6.07, 6.45) is 2.45. The van der Waals surface area contributed by atoms with Gasteiger partial charge in [-0.2, -0.15) is 0 Å². The molecule has 0 heterocycles. The van der Waals surface area contributed by atoms with Crippen LogP contribution in [0, 0.1) is 16.7 Å². The standard InChI is InChI=1S/C10H16O3S.Ag/c1-9(2)7-3-4-10(9,6-14(12)13)8(11)5-7;/h7H,3-6H2,1-2H3,(H,12,13);. The van der Waals surface area contributed by atoms with Gasteiger partial charge in [0.25, 0.3) is 0 Å². The Bertz CT molecular complexity index is 316. The Kier molecular flexibility index (Phi) is 3.69.